The summed E-state index contributed by atoms with van der Waals surface area (Å²) in [4.78, 5) is 17.1. The molecule has 0 aliphatic heterocycles. The van der Waals surface area contributed by atoms with Gasteiger partial charge in [-0.15, -0.1) is 0 Å². The zero-order valence-electron chi connectivity index (χ0n) is 16.3. The second-order valence-electron chi connectivity index (χ2n) is 6.56. The molecule has 5 nitrogen and oxygen atoms in total. The normalized spacial score (nSPS) is 10.3. The number of halogens is 2. The third-order valence-electron chi connectivity index (χ3n) is 4.41. The molecule has 0 saturated heterocycles. The van der Waals surface area contributed by atoms with Gasteiger partial charge in [0.05, 0.1) is 10.6 Å². The molecule has 152 valence electrons. The Hall–Kier alpha value is -3.95. The largest absolute Gasteiger partial charge is 0.360 e. The number of aromatic nitrogens is 2. The predicted molar refractivity (Wildman–Crippen MR) is 116 cm³/mol. The molecule has 0 radical (unpaired) electrons. The summed E-state index contributed by atoms with van der Waals surface area (Å²) in [6.45, 7) is 1.58. The molecule has 1 N–H and O–H groups in total. The van der Waals surface area contributed by atoms with Crippen LogP contribution in [0.3, 0.4) is 0 Å². The molecule has 2 heterocycles. The first-order valence-corrected chi connectivity index (χ1v) is 9.66. The SMILES string of the molecule is Cc1onc(-c2c(F)cccc2Cl)c1C(=O)Nc1cccc(C#Cc2ccccn2)c1. The summed E-state index contributed by atoms with van der Waals surface area (Å²) in [6, 6.07) is 16.8. The van der Waals surface area contributed by atoms with E-state index in [4.69, 9.17) is 16.1 Å². The highest BCUT2D eigenvalue weighted by Crippen LogP contribution is 2.33. The third kappa shape index (κ3) is 4.47. The molecule has 31 heavy (non-hydrogen) atoms. The number of hydrogen-bond acceptors (Lipinski definition) is 4. The van der Waals surface area contributed by atoms with Crippen molar-refractivity contribution in [3.05, 3.63) is 100 Å². The van der Waals surface area contributed by atoms with Crippen LogP contribution >= 0.6 is 11.6 Å². The summed E-state index contributed by atoms with van der Waals surface area (Å²) in [5.41, 5.74) is 2.03. The highest BCUT2D eigenvalue weighted by molar-refractivity contribution is 6.33. The number of nitrogens with zero attached hydrogens (tertiary/aromatic N) is 2. The summed E-state index contributed by atoms with van der Waals surface area (Å²) in [5.74, 6) is 5.13. The molecule has 2 aromatic heterocycles. The highest BCUT2D eigenvalue weighted by Gasteiger charge is 2.25. The molecular formula is C24H15ClFN3O2. The van der Waals surface area contributed by atoms with E-state index in [1.807, 2.05) is 24.3 Å². The molecular weight excluding hydrogens is 417 g/mol. The molecule has 4 rings (SSSR count). The quantitative estimate of drug-likeness (QED) is 0.435. The lowest BCUT2D eigenvalue weighted by atomic mass is 10.0. The lowest BCUT2D eigenvalue weighted by Gasteiger charge is -2.08. The Balaban J connectivity index is 1.62. The first-order chi connectivity index (χ1) is 15.0. The number of rotatable bonds is 3. The van der Waals surface area contributed by atoms with Gasteiger partial charge in [-0.25, -0.2) is 9.37 Å². The lowest BCUT2D eigenvalue weighted by Crippen LogP contribution is -2.13. The third-order valence-corrected chi connectivity index (χ3v) is 4.72. The van der Waals surface area contributed by atoms with Gasteiger partial charge in [0.2, 0.25) is 0 Å². The number of carbonyl (C=O) groups is 1. The Bertz CT molecular complexity index is 1300. The first-order valence-electron chi connectivity index (χ1n) is 9.28. The molecule has 2 aromatic carbocycles. The van der Waals surface area contributed by atoms with Crippen LogP contribution in [0, 0.1) is 24.6 Å². The summed E-state index contributed by atoms with van der Waals surface area (Å²) >= 11 is 6.14. The molecule has 7 heteroatoms. The second-order valence-corrected chi connectivity index (χ2v) is 6.97. The maximum absolute atomic E-state index is 14.4. The van der Waals surface area contributed by atoms with Crippen LogP contribution in [0.4, 0.5) is 10.1 Å². The summed E-state index contributed by atoms with van der Waals surface area (Å²) in [6.07, 6.45) is 1.67. The summed E-state index contributed by atoms with van der Waals surface area (Å²) in [7, 11) is 0. The van der Waals surface area contributed by atoms with Crippen LogP contribution in [0.15, 0.2) is 71.4 Å². The maximum atomic E-state index is 14.4. The molecule has 0 aliphatic rings. The van der Waals surface area contributed by atoms with Gasteiger partial charge in [-0.2, -0.15) is 0 Å². The standard InChI is InChI=1S/C24H15ClFN3O2/c1-15-21(23(29-31-15)22-19(25)9-5-10-20(22)26)24(30)28-18-8-4-6-16(14-18)11-12-17-7-2-3-13-27-17/h2-10,13-14H,1H3,(H,28,30). The lowest BCUT2D eigenvalue weighted by molar-refractivity contribution is 0.102. The van der Waals surface area contributed by atoms with Gasteiger partial charge in [-0.3, -0.25) is 4.79 Å². The van der Waals surface area contributed by atoms with Gasteiger partial charge in [0.15, 0.2) is 0 Å². The molecule has 4 aromatic rings. The van der Waals surface area contributed by atoms with Crippen molar-refractivity contribution in [3.63, 3.8) is 0 Å². The van der Waals surface area contributed by atoms with Gasteiger partial charge in [0, 0.05) is 17.4 Å². The molecule has 0 unspecified atom stereocenters. The van der Waals surface area contributed by atoms with Gasteiger partial charge in [0.25, 0.3) is 5.91 Å². The number of hydrogen-bond donors (Lipinski definition) is 1. The number of carbonyl (C=O) groups excluding carboxylic acids is 1. The van der Waals surface area contributed by atoms with Gasteiger partial charge in [-0.05, 0) is 55.3 Å². The van der Waals surface area contributed by atoms with E-state index < -0.39 is 11.7 Å². The minimum Gasteiger partial charge on any atom is -0.360 e. The molecule has 0 saturated carbocycles. The Morgan fingerprint density at radius 2 is 1.94 bits per heavy atom. The fraction of sp³-hybridized carbons (Fsp3) is 0.0417. The van der Waals surface area contributed by atoms with E-state index in [9.17, 15) is 9.18 Å². The van der Waals surface area contributed by atoms with Crippen LogP contribution in [-0.4, -0.2) is 16.0 Å². The Kier molecular flexibility index (Phi) is 5.78. The zero-order chi connectivity index (χ0) is 21.8. The number of nitrogens with one attached hydrogen (secondary N) is 1. The minimum atomic E-state index is -0.596. The Morgan fingerprint density at radius 1 is 1.10 bits per heavy atom. The van der Waals surface area contributed by atoms with E-state index in [2.05, 4.69) is 27.3 Å². The number of amides is 1. The van der Waals surface area contributed by atoms with Crippen molar-refractivity contribution in [2.45, 2.75) is 6.92 Å². The molecule has 0 atom stereocenters. The van der Waals surface area contributed by atoms with E-state index in [0.29, 0.717) is 16.9 Å². The summed E-state index contributed by atoms with van der Waals surface area (Å²) < 4.78 is 19.5. The molecule has 0 spiro atoms. The van der Waals surface area contributed by atoms with Crippen LogP contribution in [0.1, 0.15) is 27.4 Å². The average Bonchev–Trinajstić information content (AvgIpc) is 3.14. The van der Waals surface area contributed by atoms with E-state index in [-0.39, 0.29) is 27.6 Å². The van der Waals surface area contributed by atoms with Crippen LogP contribution in [-0.2, 0) is 0 Å². The fourth-order valence-electron chi connectivity index (χ4n) is 2.98. The molecule has 0 bridgehead atoms. The molecule has 0 aliphatic carbocycles. The van der Waals surface area contributed by atoms with E-state index in [0.717, 1.165) is 0 Å². The van der Waals surface area contributed by atoms with Gasteiger partial charge >= 0.3 is 0 Å². The van der Waals surface area contributed by atoms with Crippen LogP contribution in [0.5, 0.6) is 0 Å². The second kappa shape index (κ2) is 8.82. The van der Waals surface area contributed by atoms with Crippen molar-refractivity contribution >= 4 is 23.2 Å². The Labute approximate surface area is 182 Å². The van der Waals surface area contributed by atoms with Crippen LogP contribution < -0.4 is 5.32 Å². The van der Waals surface area contributed by atoms with Crippen molar-refractivity contribution in [1.82, 2.24) is 10.1 Å². The van der Waals surface area contributed by atoms with Gasteiger partial charge in [-0.1, -0.05) is 40.9 Å². The van der Waals surface area contributed by atoms with E-state index in [1.54, 1.807) is 31.3 Å². The monoisotopic (exact) mass is 431 g/mol. The van der Waals surface area contributed by atoms with Crippen LogP contribution in [0.2, 0.25) is 5.02 Å². The highest BCUT2D eigenvalue weighted by atomic mass is 35.5. The van der Waals surface area contributed by atoms with Crippen molar-refractivity contribution in [3.8, 4) is 23.1 Å². The smallest absolute Gasteiger partial charge is 0.261 e. The van der Waals surface area contributed by atoms with Crippen molar-refractivity contribution in [1.29, 1.82) is 0 Å². The maximum Gasteiger partial charge on any atom is 0.261 e. The van der Waals surface area contributed by atoms with E-state index >= 15 is 0 Å². The molecule has 1 amide bonds. The van der Waals surface area contributed by atoms with E-state index in [1.165, 1.54) is 18.2 Å². The van der Waals surface area contributed by atoms with Crippen molar-refractivity contribution in [2.75, 3.05) is 5.32 Å². The van der Waals surface area contributed by atoms with Gasteiger partial charge < -0.3 is 9.84 Å². The zero-order valence-corrected chi connectivity index (χ0v) is 17.1. The predicted octanol–water partition coefficient (Wildman–Crippen LogP) is 5.49. The molecule has 0 fully saturated rings. The topological polar surface area (TPSA) is 68.0 Å². The van der Waals surface area contributed by atoms with Crippen molar-refractivity contribution < 1.29 is 13.7 Å². The van der Waals surface area contributed by atoms with Crippen molar-refractivity contribution in [2.24, 2.45) is 0 Å². The van der Waals surface area contributed by atoms with Gasteiger partial charge in [0.1, 0.15) is 28.5 Å². The Morgan fingerprint density at radius 3 is 2.71 bits per heavy atom. The number of aryl methyl sites for hydroxylation is 1. The summed E-state index contributed by atoms with van der Waals surface area (Å²) in [5, 5.41) is 6.78. The first kappa shape index (κ1) is 20.3. The number of anilines is 1. The average molecular weight is 432 g/mol. The van der Waals surface area contributed by atoms with Crippen LogP contribution in [0.25, 0.3) is 11.3 Å². The number of benzene rings is 2. The fourth-order valence-corrected chi connectivity index (χ4v) is 3.23. The minimum absolute atomic E-state index is 0.0149. The number of pyridine rings is 1.